The molecule has 3 aliphatic heterocycles. The largest absolute Gasteiger partial charge is 0.493 e. The number of hydrogen-bond acceptors (Lipinski definition) is 6. The van der Waals surface area contributed by atoms with Crippen LogP contribution in [0.2, 0.25) is 0 Å². The van der Waals surface area contributed by atoms with E-state index >= 15 is 0 Å². The summed E-state index contributed by atoms with van der Waals surface area (Å²) in [6.45, 7) is 1.02. The van der Waals surface area contributed by atoms with E-state index in [0.717, 1.165) is 24.0 Å². The first-order chi connectivity index (χ1) is 17.6. The van der Waals surface area contributed by atoms with Gasteiger partial charge in [0.2, 0.25) is 0 Å². The number of rotatable bonds is 6. The molecule has 8 nitrogen and oxygen atoms in total. The number of ether oxygens (including phenoxy) is 2. The molecule has 1 N–H and O–H groups in total. The van der Waals surface area contributed by atoms with Crippen molar-refractivity contribution in [1.82, 2.24) is 4.90 Å². The van der Waals surface area contributed by atoms with Crippen molar-refractivity contribution >= 4 is 11.6 Å². The molecule has 0 aromatic heterocycles. The molecule has 0 saturated carbocycles. The second kappa shape index (κ2) is 8.64. The number of nitro groups is 1. The van der Waals surface area contributed by atoms with Crippen LogP contribution in [-0.4, -0.2) is 41.5 Å². The van der Waals surface area contributed by atoms with Crippen LogP contribution in [0.1, 0.15) is 35.4 Å². The lowest BCUT2D eigenvalue weighted by atomic mass is 9.77. The Labute approximate surface area is 209 Å². The molecular weight excluding hydrogens is 458 g/mol. The fraction of sp³-hybridized carbons (Fsp3) is 0.321. The highest BCUT2D eigenvalue weighted by atomic mass is 16.6. The number of carbonyl (C=O) groups excluding carboxylic acids is 1. The average molecular weight is 486 g/mol. The molecule has 0 bridgehead atoms. The first-order valence-electron chi connectivity index (χ1n) is 12.2. The lowest BCUT2D eigenvalue weighted by molar-refractivity contribution is -0.534. The summed E-state index contributed by atoms with van der Waals surface area (Å²) in [5.41, 5.74) is 1.83. The predicted molar refractivity (Wildman–Crippen MR) is 134 cm³/mol. The lowest BCUT2D eigenvalue weighted by Gasteiger charge is -2.32. The number of hydrogen-bond donors (Lipinski definition) is 1. The third-order valence-corrected chi connectivity index (χ3v) is 7.90. The fourth-order valence-corrected chi connectivity index (χ4v) is 6.52. The first kappa shape index (κ1) is 22.5. The first-order valence-corrected chi connectivity index (χ1v) is 12.2. The number of nitrogens with zero attached hydrogens (tertiary/aromatic N) is 2. The van der Waals surface area contributed by atoms with Crippen LogP contribution < -0.4 is 14.8 Å². The number of fused-ring (bicyclic) bond motifs is 4. The Morgan fingerprint density at radius 1 is 1.08 bits per heavy atom. The maximum absolute atomic E-state index is 13.6. The van der Waals surface area contributed by atoms with Crippen LogP contribution >= 0.6 is 0 Å². The van der Waals surface area contributed by atoms with Crippen molar-refractivity contribution in [3.05, 3.63) is 99.6 Å². The molecule has 2 fully saturated rings. The fourth-order valence-electron chi connectivity index (χ4n) is 6.52. The van der Waals surface area contributed by atoms with E-state index in [2.05, 4.69) is 10.2 Å². The Hall–Kier alpha value is -3.91. The van der Waals surface area contributed by atoms with E-state index in [1.807, 2.05) is 72.8 Å². The molecule has 36 heavy (non-hydrogen) atoms. The second-order valence-corrected chi connectivity index (χ2v) is 9.61. The quantitative estimate of drug-likeness (QED) is 0.413. The number of anilines is 1. The van der Waals surface area contributed by atoms with Crippen LogP contribution in [0.25, 0.3) is 0 Å². The van der Waals surface area contributed by atoms with Crippen molar-refractivity contribution in [1.29, 1.82) is 0 Å². The third kappa shape index (κ3) is 3.21. The Morgan fingerprint density at radius 2 is 1.86 bits per heavy atom. The van der Waals surface area contributed by atoms with Gasteiger partial charge in [0.15, 0.2) is 17.0 Å². The Bertz CT molecular complexity index is 1330. The smallest absolute Gasteiger partial charge is 0.256 e. The van der Waals surface area contributed by atoms with E-state index in [-0.39, 0.29) is 16.9 Å². The molecule has 1 amide bonds. The van der Waals surface area contributed by atoms with Crippen LogP contribution in [0.4, 0.5) is 5.69 Å². The van der Waals surface area contributed by atoms with Gasteiger partial charge in [0.05, 0.1) is 13.0 Å². The Kier molecular flexibility index (Phi) is 5.41. The third-order valence-electron chi connectivity index (χ3n) is 7.90. The van der Waals surface area contributed by atoms with Gasteiger partial charge in [-0.05, 0) is 42.2 Å². The molecule has 3 aromatic carbocycles. The molecule has 8 heteroatoms. The van der Waals surface area contributed by atoms with E-state index in [0.29, 0.717) is 35.9 Å². The molecule has 184 valence electrons. The molecule has 4 atom stereocenters. The van der Waals surface area contributed by atoms with Gasteiger partial charge in [-0.25, -0.2) is 0 Å². The van der Waals surface area contributed by atoms with Gasteiger partial charge in [0.25, 0.3) is 11.9 Å². The van der Waals surface area contributed by atoms with Gasteiger partial charge in [0, 0.05) is 28.8 Å². The van der Waals surface area contributed by atoms with Gasteiger partial charge >= 0.3 is 0 Å². The summed E-state index contributed by atoms with van der Waals surface area (Å²) in [6, 6.07) is 21.5. The summed E-state index contributed by atoms with van der Waals surface area (Å²) < 4.78 is 11.7. The van der Waals surface area contributed by atoms with Gasteiger partial charge in [-0.1, -0.05) is 54.6 Å². The van der Waals surface area contributed by atoms with Crippen molar-refractivity contribution < 1.29 is 19.2 Å². The summed E-state index contributed by atoms with van der Waals surface area (Å²) >= 11 is 0. The molecule has 3 aliphatic rings. The van der Waals surface area contributed by atoms with Crippen LogP contribution in [0.3, 0.4) is 0 Å². The van der Waals surface area contributed by atoms with Crippen molar-refractivity contribution in [2.24, 2.45) is 0 Å². The molecule has 3 aromatic rings. The minimum absolute atomic E-state index is 0.127. The summed E-state index contributed by atoms with van der Waals surface area (Å²) in [6.07, 6.45) is 1.68. The van der Waals surface area contributed by atoms with Gasteiger partial charge in [-0.3, -0.25) is 19.8 Å². The minimum Gasteiger partial charge on any atom is -0.493 e. The summed E-state index contributed by atoms with van der Waals surface area (Å²) in [5, 5.41) is 15.7. The van der Waals surface area contributed by atoms with Crippen LogP contribution in [0.5, 0.6) is 11.5 Å². The molecule has 0 unspecified atom stereocenters. The highest BCUT2D eigenvalue weighted by Crippen LogP contribution is 2.58. The number of methoxy groups -OCH3 is 1. The van der Waals surface area contributed by atoms with Crippen LogP contribution in [0.15, 0.2) is 72.8 Å². The summed E-state index contributed by atoms with van der Waals surface area (Å²) in [5.74, 6) is 0.307. The predicted octanol–water partition coefficient (Wildman–Crippen LogP) is 4.33. The number of amides is 1. The molecule has 3 heterocycles. The number of nitrogens with one attached hydrogen (secondary N) is 1. The maximum Gasteiger partial charge on any atom is 0.256 e. The van der Waals surface area contributed by atoms with E-state index < -0.39 is 17.5 Å². The Balaban J connectivity index is 1.41. The second-order valence-electron chi connectivity index (χ2n) is 9.61. The molecular formula is C28H27N3O5. The molecule has 6 rings (SSSR count). The van der Waals surface area contributed by atoms with Crippen LogP contribution in [0, 0.1) is 10.1 Å². The van der Waals surface area contributed by atoms with E-state index in [1.165, 1.54) is 0 Å². The maximum atomic E-state index is 13.6. The van der Waals surface area contributed by atoms with E-state index in [4.69, 9.17) is 9.47 Å². The summed E-state index contributed by atoms with van der Waals surface area (Å²) in [4.78, 5) is 28.2. The average Bonchev–Trinajstić information content (AvgIpc) is 3.56. The van der Waals surface area contributed by atoms with Crippen molar-refractivity contribution in [2.75, 3.05) is 19.0 Å². The number of carbonyl (C=O) groups is 1. The normalized spacial score (nSPS) is 26.5. The van der Waals surface area contributed by atoms with Gasteiger partial charge < -0.3 is 14.8 Å². The highest BCUT2D eigenvalue weighted by Gasteiger charge is 2.73. The van der Waals surface area contributed by atoms with E-state index in [1.54, 1.807) is 7.11 Å². The van der Waals surface area contributed by atoms with Gasteiger partial charge in [0.1, 0.15) is 6.61 Å². The zero-order valence-corrected chi connectivity index (χ0v) is 19.9. The van der Waals surface area contributed by atoms with Crippen molar-refractivity contribution in [2.45, 2.75) is 43.0 Å². The Morgan fingerprint density at radius 3 is 2.64 bits per heavy atom. The van der Waals surface area contributed by atoms with Crippen molar-refractivity contribution in [3.63, 3.8) is 0 Å². The molecule has 2 saturated heterocycles. The number of para-hydroxylation sites is 1. The summed E-state index contributed by atoms with van der Waals surface area (Å²) in [7, 11) is 1.57. The molecule has 0 aliphatic carbocycles. The number of benzene rings is 3. The van der Waals surface area contributed by atoms with E-state index in [9.17, 15) is 14.9 Å². The van der Waals surface area contributed by atoms with Crippen LogP contribution in [-0.2, 0) is 16.9 Å². The highest BCUT2D eigenvalue weighted by molar-refractivity contribution is 6.07. The molecule has 1 spiro atoms. The topological polar surface area (TPSA) is 93.9 Å². The minimum atomic E-state index is -1.33. The van der Waals surface area contributed by atoms with Gasteiger partial charge in [-0.2, -0.15) is 0 Å². The zero-order chi connectivity index (χ0) is 24.9. The molecule has 0 radical (unpaired) electrons. The van der Waals surface area contributed by atoms with Crippen molar-refractivity contribution in [3.8, 4) is 11.5 Å². The SMILES string of the molecule is COc1cc([C@@H]2[C@@H]3CCCN3[C@]3(C(=O)Nc4ccccc43)[C@@H]2[N+](=O)[O-])ccc1OCc1ccccc1. The lowest BCUT2D eigenvalue weighted by Crippen LogP contribution is -2.55. The van der Waals surface area contributed by atoms with Gasteiger partial charge in [-0.15, -0.1) is 0 Å². The zero-order valence-electron chi connectivity index (χ0n) is 19.9. The standard InChI is InChI=1S/C28H27N3O5/c1-35-24-16-19(13-14-23(24)36-17-18-8-3-2-4-9-18)25-22-12-7-15-30(22)28(26(25)31(33)34)20-10-5-6-11-21(20)29-27(28)32/h2-6,8-11,13-14,16,22,25-26H,7,12,15,17H2,1H3,(H,29,32)/t22-,25+,26+,28-/m0/s1. The monoisotopic (exact) mass is 485 g/mol.